The first-order valence-electron chi connectivity index (χ1n) is 10.5. The topological polar surface area (TPSA) is 105 Å². The normalized spacial score (nSPS) is 13.0. The number of nitrogens with one attached hydrogen (secondary N) is 2. The number of carbonyl (C=O) groups excluding carboxylic acids is 2. The summed E-state index contributed by atoms with van der Waals surface area (Å²) in [5.41, 5.74) is -0.418. The van der Waals surface area contributed by atoms with E-state index in [1.807, 2.05) is 0 Å². The summed E-state index contributed by atoms with van der Waals surface area (Å²) in [5.74, 6) is -6.58. The molecule has 184 valence electrons. The number of amides is 2. The minimum Gasteiger partial charge on any atom is -0.481 e. The third kappa shape index (κ3) is 8.42. The highest BCUT2D eigenvalue weighted by atomic mass is 19.2. The van der Waals surface area contributed by atoms with Crippen molar-refractivity contribution in [1.82, 2.24) is 10.6 Å². The number of alkyl carbamates (subject to hydrolysis) is 1. The number of carboxylic acids is 1. The molecule has 2 aromatic carbocycles. The quantitative estimate of drug-likeness (QED) is 0.475. The molecule has 0 radical (unpaired) electrons. The van der Waals surface area contributed by atoms with E-state index in [0.717, 1.165) is 12.1 Å². The van der Waals surface area contributed by atoms with Gasteiger partial charge in [-0.2, -0.15) is 0 Å². The van der Waals surface area contributed by atoms with Crippen LogP contribution in [0.5, 0.6) is 0 Å². The van der Waals surface area contributed by atoms with E-state index >= 15 is 0 Å². The molecule has 0 saturated heterocycles. The Hall–Kier alpha value is -3.56. The predicted molar refractivity (Wildman–Crippen MR) is 118 cm³/mol. The van der Waals surface area contributed by atoms with E-state index < -0.39 is 65.9 Å². The van der Waals surface area contributed by atoms with Crippen LogP contribution >= 0.6 is 0 Å². The summed E-state index contributed by atoms with van der Waals surface area (Å²) in [7, 11) is 0. The number of hydrogen-bond acceptors (Lipinski definition) is 4. The number of hydrogen-bond donors (Lipinski definition) is 3. The van der Waals surface area contributed by atoms with Crippen LogP contribution in [0.25, 0.3) is 0 Å². The number of carboxylic acid groups (broad SMARTS) is 1. The molecule has 0 bridgehead atoms. The average molecular weight is 480 g/mol. The third-order valence-corrected chi connectivity index (χ3v) is 4.64. The molecule has 0 spiro atoms. The Morgan fingerprint density at radius 2 is 1.59 bits per heavy atom. The van der Waals surface area contributed by atoms with Gasteiger partial charge in [-0.05, 0) is 44.4 Å². The van der Waals surface area contributed by atoms with Gasteiger partial charge in [-0.25, -0.2) is 18.0 Å². The summed E-state index contributed by atoms with van der Waals surface area (Å²) < 4.78 is 46.2. The van der Waals surface area contributed by atoms with Gasteiger partial charge in [0.15, 0.2) is 17.5 Å². The van der Waals surface area contributed by atoms with E-state index in [-0.39, 0.29) is 12.0 Å². The maximum absolute atomic E-state index is 14.1. The first-order valence-corrected chi connectivity index (χ1v) is 10.5. The minimum absolute atomic E-state index is 0.0608. The van der Waals surface area contributed by atoms with Gasteiger partial charge in [0.25, 0.3) is 0 Å². The molecule has 0 aliphatic heterocycles. The lowest BCUT2D eigenvalue weighted by Gasteiger charge is -2.25. The monoisotopic (exact) mass is 480 g/mol. The minimum atomic E-state index is -1.69. The molecular weight excluding hydrogens is 453 g/mol. The van der Waals surface area contributed by atoms with Crippen molar-refractivity contribution >= 4 is 18.0 Å². The highest BCUT2D eigenvalue weighted by Crippen LogP contribution is 2.18. The Labute approximate surface area is 195 Å². The third-order valence-electron chi connectivity index (χ3n) is 4.64. The van der Waals surface area contributed by atoms with Crippen LogP contribution in [0.1, 0.15) is 38.3 Å². The summed E-state index contributed by atoms with van der Waals surface area (Å²) >= 11 is 0. The van der Waals surface area contributed by atoms with Crippen molar-refractivity contribution in [3.63, 3.8) is 0 Å². The van der Waals surface area contributed by atoms with Gasteiger partial charge in [-0.1, -0.05) is 36.4 Å². The number of aliphatic carboxylic acids is 1. The van der Waals surface area contributed by atoms with Crippen LogP contribution < -0.4 is 10.6 Å². The number of halogens is 3. The molecule has 7 nitrogen and oxygen atoms in total. The Morgan fingerprint density at radius 1 is 0.941 bits per heavy atom. The van der Waals surface area contributed by atoms with E-state index in [1.165, 1.54) is 0 Å². The van der Waals surface area contributed by atoms with E-state index in [1.54, 1.807) is 51.1 Å². The van der Waals surface area contributed by atoms with Crippen molar-refractivity contribution in [3.05, 3.63) is 71.0 Å². The maximum Gasteiger partial charge on any atom is 0.408 e. The highest BCUT2D eigenvalue weighted by Gasteiger charge is 2.28. The molecule has 2 unspecified atom stereocenters. The molecule has 3 N–H and O–H groups in total. The number of ether oxygens (including phenoxy) is 1. The van der Waals surface area contributed by atoms with Crippen LogP contribution in [0.2, 0.25) is 0 Å². The smallest absolute Gasteiger partial charge is 0.408 e. The zero-order valence-electron chi connectivity index (χ0n) is 19.0. The van der Waals surface area contributed by atoms with E-state index in [0.29, 0.717) is 5.56 Å². The molecule has 0 aliphatic carbocycles. The van der Waals surface area contributed by atoms with Gasteiger partial charge in [0, 0.05) is 12.5 Å². The van der Waals surface area contributed by atoms with Crippen molar-refractivity contribution < 1.29 is 37.4 Å². The molecule has 10 heteroatoms. The Balaban J connectivity index is 2.24. The van der Waals surface area contributed by atoms with Gasteiger partial charge < -0.3 is 20.5 Å². The van der Waals surface area contributed by atoms with Crippen LogP contribution in [-0.4, -0.2) is 40.8 Å². The predicted octanol–water partition coefficient (Wildman–Crippen LogP) is 3.74. The molecule has 0 aliphatic rings. The average Bonchev–Trinajstić information content (AvgIpc) is 2.72. The Kier molecular flexibility index (Phi) is 9.05. The molecule has 0 aromatic heterocycles. The van der Waals surface area contributed by atoms with E-state index in [9.17, 15) is 32.7 Å². The van der Waals surface area contributed by atoms with E-state index in [2.05, 4.69) is 10.6 Å². The summed E-state index contributed by atoms with van der Waals surface area (Å²) in [6.07, 6.45) is -1.82. The number of rotatable bonds is 9. The van der Waals surface area contributed by atoms with E-state index in [4.69, 9.17) is 4.74 Å². The number of carbonyl (C=O) groups is 3. The Morgan fingerprint density at radius 3 is 2.18 bits per heavy atom. The van der Waals surface area contributed by atoms with Crippen molar-refractivity contribution in [2.45, 2.75) is 57.7 Å². The second kappa shape index (κ2) is 11.5. The van der Waals surface area contributed by atoms with Crippen LogP contribution in [-0.2, 0) is 27.2 Å². The highest BCUT2D eigenvalue weighted by molar-refractivity contribution is 5.86. The Bertz CT molecular complexity index is 1030. The van der Waals surface area contributed by atoms with Gasteiger partial charge in [0.05, 0.1) is 6.42 Å². The van der Waals surface area contributed by atoms with Crippen molar-refractivity contribution in [2.75, 3.05) is 0 Å². The van der Waals surface area contributed by atoms with Crippen molar-refractivity contribution in [2.24, 2.45) is 0 Å². The fourth-order valence-corrected chi connectivity index (χ4v) is 3.18. The summed E-state index contributed by atoms with van der Waals surface area (Å²) in [6.45, 7) is 4.95. The van der Waals surface area contributed by atoms with Gasteiger partial charge in [-0.15, -0.1) is 0 Å². The van der Waals surface area contributed by atoms with Crippen LogP contribution in [0.4, 0.5) is 18.0 Å². The summed E-state index contributed by atoms with van der Waals surface area (Å²) in [6, 6.07) is 8.13. The molecule has 2 atom stereocenters. The molecule has 2 aromatic rings. The first-order chi connectivity index (χ1) is 15.9. The lowest BCUT2D eigenvalue weighted by Crippen LogP contribution is -2.52. The van der Waals surface area contributed by atoms with Gasteiger partial charge in [0.1, 0.15) is 11.6 Å². The molecule has 2 rings (SSSR count). The lowest BCUT2D eigenvalue weighted by atomic mass is 10.0. The van der Waals surface area contributed by atoms with Crippen molar-refractivity contribution in [1.29, 1.82) is 0 Å². The van der Waals surface area contributed by atoms with Crippen molar-refractivity contribution in [3.8, 4) is 0 Å². The second-order valence-corrected chi connectivity index (χ2v) is 8.73. The van der Waals surface area contributed by atoms with Crippen LogP contribution in [0.15, 0.2) is 42.5 Å². The first kappa shape index (κ1) is 26.7. The zero-order chi connectivity index (χ0) is 25.5. The summed E-state index contributed by atoms with van der Waals surface area (Å²) in [4.78, 5) is 36.6. The lowest BCUT2D eigenvalue weighted by molar-refractivity contribution is -0.137. The molecule has 2 amide bonds. The van der Waals surface area contributed by atoms with Gasteiger partial charge >= 0.3 is 12.1 Å². The maximum atomic E-state index is 14.1. The fraction of sp³-hybridized carbons (Fsp3) is 0.375. The second-order valence-electron chi connectivity index (χ2n) is 8.73. The fourth-order valence-electron chi connectivity index (χ4n) is 3.18. The van der Waals surface area contributed by atoms with Gasteiger partial charge in [-0.3, -0.25) is 9.59 Å². The molecule has 34 heavy (non-hydrogen) atoms. The molecule has 0 saturated carbocycles. The number of benzene rings is 2. The molecule has 0 fully saturated rings. The standard InChI is InChI=1S/C24H27F3N2O5/c1-24(2,3)34-23(33)29-18(11-14-7-5-4-6-8-14)22(32)28-16(13-19(30)31)12-15-9-10-17(25)21(27)20(15)26/h4-10,16,18H,11-13H2,1-3H3,(H,28,32)(H,29,33)(H,30,31). The summed E-state index contributed by atoms with van der Waals surface area (Å²) in [5, 5.41) is 14.2. The molecule has 0 heterocycles. The van der Waals surface area contributed by atoms with Crippen LogP contribution in [0, 0.1) is 17.5 Å². The van der Waals surface area contributed by atoms with Crippen LogP contribution in [0.3, 0.4) is 0 Å². The molecular formula is C24H27F3N2O5. The largest absolute Gasteiger partial charge is 0.481 e. The van der Waals surface area contributed by atoms with Gasteiger partial charge in [0.2, 0.25) is 5.91 Å². The SMILES string of the molecule is CC(C)(C)OC(=O)NC(Cc1ccccc1)C(=O)NC(CC(=O)O)Cc1ccc(F)c(F)c1F. The zero-order valence-corrected chi connectivity index (χ0v) is 19.0.